The lowest BCUT2D eigenvalue weighted by Crippen LogP contribution is -2.40. The SMILES string of the molecule is CCCCCCCCOc1ccc(C(C)(C)CC(C)(C)C)cc1S(=O)(=O)NC(=O)NS(=O)[O-]. The van der Waals surface area contributed by atoms with E-state index in [9.17, 15) is 22.0 Å². The number of carbonyl (C=O) groups is 1. The maximum Gasteiger partial charge on any atom is 0.339 e. The number of amides is 2. The summed E-state index contributed by atoms with van der Waals surface area (Å²) < 4.78 is 56.3. The predicted molar refractivity (Wildman–Crippen MR) is 130 cm³/mol. The van der Waals surface area contributed by atoms with Crippen molar-refractivity contribution >= 4 is 27.3 Å². The highest BCUT2D eigenvalue weighted by Gasteiger charge is 2.30. The van der Waals surface area contributed by atoms with Gasteiger partial charge < -0.3 is 9.29 Å². The Kier molecular flexibility index (Phi) is 11.3. The number of unbranched alkanes of at least 4 members (excludes halogenated alkanes) is 5. The molecule has 8 nitrogen and oxygen atoms in total. The van der Waals surface area contributed by atoms with E-state index in [2.05, 4.69) is 27.7 Å². The molecule has 190 valence electrons. The summed E-state index contributed by atoms with van der Waals surface area (Å²) in [4.78, 5) is 11.6. The Morgan fingerprint density at radius 2 is 1.67 bits per heavy atom. The first kappa shape index (κ1) is 29.4. The van der Waals surface area contributed by atoms with Crippen molar-refractivity contribution in [2.45, 2.75) is 96.8 Å². The van der Waals surface area contributed by atoms with Crippen molar-refractivity contribution in [2.75, 3.05) is 6.61 Å². The lowest BCUT2D eigenvalue weighted by molar-refractivity contribution is 0.250. The third kappa shape index (κ3) is 10.9. The van der Waals surface area contributed by atoms with Gasteiger partial charge in [-0.3, -0.25) is 8.93 Å². The fourth-order valence-electron chi connectivity index (χ4n) is 4.02. The molecule has 0 aliphatic carbocycles. The number of nitrogens with one attached hydrogen (secondary N) is 2. The predicted octanol–water partition coefficient (Wildman–Crippen LogP) is 4.92. The van der Waals surface area contributed by atoms with E-state index in [0.717, 1.165) is 44.1 Å². The van der Waals surface area contributed by atoms with Crippen LogP contribution in [0, 0.1) is 5.41 Å². The zero-order valence-corrected chi connectivity index (χ0v) is 22.3. The van der Waals surface area contributed by atoms with Crippen LogP contribution in [0.4, 0.5) is 4.79 Å². The molecule has 0 aliphatic heterocycles. The summed E-state index contributed by atoms with van der Waals surface area (Å²) in [6, 6.07) is 3.60. The van der Waals surface area contributed by atoms with E-state index in [0.29, 0.717) is 6.61 Å². The zero-order chi connectivity index (χ0) is 25.3. The summed E-state index contributed by atoms with van der Waals surface area (Å²) in [7, 11) is -4.38. The quantitative estimate of drug-likeness (QED) is 0.291. The van der Waals surface area contributed by atoms with Crippen LogP contribution in [-0.2, 0) is 26.7 Å². The van der Waals surface area contributed by atoms with E-state index >= 15 is 0 Å². The molecule has 33 heavy (non-hydrogen) atoms. The molecule has 1 aromatic carbocycles. The van der Waals surface area contributed by atoms with Gasteiger partial charge in [0.2, 0.25) is 0 Å². The van der Waals surface area contributed by atoms with E-state index in [1.54, 1.807) is 10.8 Å². The fraction of sp³-hybridized carbons (Fsp3) is 0.696. The number of hydrogen-bond donors (Lipinski definition) is 2. The molecule has 0 saturated heterocycles. The van der Waals surface area contributed by atoms with E-state index in [4.69, 9.17) is 4.74 Å². The van der Waals surface area contributed by atoms with E-state index in [-0.39, 0.29) is 21.5 Å². The third-order valence-corrected chi connectivity index (χ3v) is 6.85. The van der Waals surface area contributed by atoms with Crippen molar-refractivity contribution in [1.82, 2.24) is 9.44 Å². The first-order valence-electron chi connectivity index (χ1n) is 11.4. The Labute approximate surface area is 201 Å². The van der Waals surface area contributed by atoms with Gasteiger partial charge in [0, 0.05) is 11.3 Å². The van der Waals surface area contributed by atoms with Crippen LogP contribution >= 0.6 is 0 Å². The van der Waals surface area contributed by atoms with Gasteiger partial charge in [-0.15, -0.1) is 0 Å². The number of rotatable bonds is 13. The minimum absolute atomic E-state index is 0.00577. The van der Waals surface area contributed by atoms with Crippen LogP contribution in [0.25, 0.3) is 0 Å². The first-order valence-corrected chi connectivity index (χ1v) is 13.9. The monoisotopic (exact) mass is 503 g/mol. The molecule has 0 saturated carbocycles. The Balaban J connectivity index is 3.17. The molecule has 1 atom stereocenters. The van der Waals surface area contributed by atoms with Gasteiger partial charge in [-0.25, -0.2) is 17.9 Å². The van der Waals surface area contributed by atoms with Crippen molar-refractivity contribution in [3.8, 4) is 5.75 Å². The van der Waals surface area contributed by atoms with E-state index in [1.165, 1.54) is 17.2 Å². The van der Waals surface area contributed by atoms with Crippen LogP contribution in [0.5, 0.6) is 5.75 Å². The summed E-state index contributed by atoms with van der Waals surface area (Å²) in [5.74, 6) is 0.127. The fourth-order valence-corrected chi connectivity index (χ4v) is 5.37. The highest BCUT2D eigenvalue weighted by molar-refractivity contribution is 7.90. The van der Waals surface area contributed by atoms with Crippen molar-refractivity contribution < 1.29 is 26.7 Å². The van der Waals surface area contributed by atoms with Gasteiger partial charge in [-0.05, 0) is 41.4 Å². The Hall–Kier alpha value is -1.65. The third-order valence-electron chi connectivity index (χ3n) is 5.15. The molecule has 0 fully saturated rings. The molecule has 10 heteroatoms. The van der Waals surface area contributed by atoms with Crippen LogP contribution in [0.2, 0.25) is 0 Å². The maximum absolute atomic E-state index is 13.0. The van der Waals surface area contributed by atoms with Crippen LogP contribution in [0.1, 0.15) is 92.1 Å². The lowest BCUT2D eigenvalue weighted by Gasteiger charge is -2.33. The molecule has 0 heterocycles. The van der Waals surface area contributed by atoms with Gasteiger partial charge in [-0.1, -0.05) is 79.7 Å². The van der Waals surface area contributed by atoms with Crippen molar-refractivity contribution in [3.63, 3.8) is 0 Å². The van der Waals surface area contributed by atoms with Gasteiger partial charge in [0.15, 0.2) is 0 Å². The lowest BCUT2D eigenvalue weighted by atomic mass is 9.72. The second-order valence-electron chi connectivity index (χ2n) is 10.2. The van der Waals surface area contributed by atoms with Gasteiger partial charge in [0.05, 0.1) is 6.61 Å². The normalized spacial score (nSPS) is 13.4. The molecule has 0 bridgehead atoms. The molecule has 0 aliphatic rings. The molecule has 1 unspecified atom stereocenters. The van der Waals surface area contributed by atoms with Gasteiger partial charge in [0.25, 0.3) is 10.0 Å². The highest BCUT2D eigenvalue weighted by atomic mass is 32.2. The number of ether oxygens (including phenoxy) is 1. The average Bonchev–Trinajstić information content (AvgIpc) is 2.64. The van der Waals surface area contributed by atoms with Crippen LogP contribution in [-0.4, -0.2) is 29.8 Å². The summed E-state index contributed by atoms with van der Waals surface area (Å²) >= 11 is -2.94. The number of hydrogen-bond acceptors (Lipinski definition) is 6. The molecular weight excluding hydrogens is 464 g/mol. The van der Waals surface area contributed by atoms with Gasteiger partial charge in [-0.2, -0.15) is 0 Å². The zero-order valence-electron chi connectivity index (χ0n) is 20.7. The Morgan fingerprint density at radius 3 is 2.24 bits per heavy atom. The summed E-state index contributed by atoms with van der Waals surface area (Å²) in [6.45, 7) is 12.9. The number of sulfonamides is 1. The van der Waals surface area contributed by atoms with Gasteiger partial charge in [0.1, 0.15) is 10.6 Å². The number of urea groups is 1. The molecule has 0 radical (unpaired) electrons. The van der Waals surface area contributed by atoms with Crippen molar-refractivity contribution in [3.05, 3.63) is 23.8 Å². The first-order chi connectivity index (χ1) is 15.2. The minimum atomic E-state index is -4.38. The maximum atomic E-state index is 13.0. The van der Waals surface area contributed by atoms with E-state index in [1.807, 2.05) is 19.9 Å². The van der Waals surface area contributed by atoms with Crippen molar-refractivity contribution in [2.24, 2.45) is 5.41 Å². The second-order valence-corrected chi connectivity index (χ2v) is 12.5. The summed E-state index contributed by atoms with van der Waals surface area (Å²) in [5, 5.41) is 0. The molecule has 1 aromatic rings. The highest BCUT2D eigenvalue weighted by Crippen LogP contribution is 2.38. The Bertz CT molecular complexity index is 908. The largest absolute Gasteiger partial charge is 0.755 e. The summed E-state index contributed by atoms with van der Waals surface area (Å²) in [5.41, 5.74) is 0.433. The van der Waals surface area contributed by atoms with Crippen LogP contribution in [0.3, 0.4) is 0 Å². The molecule has 0 aromatic heterocycles. The van der Waals surface area contributed by atoms with Gasteiger partial charge >= 0.3 is 6.03 Å². The van der Waals surface area contributed by atoms with E-state index < -0.39 is 27.3 Å². The van der Waals surface area contributed by atoms with Crippen molar-refractivity contribution in [1.29, 1.82) is 0 Å². The smallest absolute Gasteiger partial charge is 0.339 e. The summed E-state index contributed by atoms with van der Waals surface area (Å²) in [6.07, 6.45) is 7.16. The molecule has 0 spiro atoms. The number of benzene rings is 1. The Morgan fingerprint density at radius 1 is 1.06 bits per heavy atom. The second kappa shape index (κ2) is 12.7. The molecule has 1 rings (SSSR count). The molecule has 2 N–H and O–H groups in total. The van der Waals surface area contributed by atoms with Crippen LogP contribution in [0.15, 0.2) is 23.1 Å². The van der Waals surface area contributed by atoms with Crippen LogP contribution < -0.4 is 14.2 Å². The number of carbonyl (C=O) groups excluding carboxylic acids is 1. The molecule has 2 amide bonds. The molecular formula is C23H39N2O6S2-. The minimum Gasteiger partial charge on any atom is -0.755 e. The standard InChI is InChI=1S/C23H40N2O6S2/c1-7-8-9-10-11-12-15-31-19-14-13-18(23(5,6)17-22(2,3)4)16-20(19)33(29,30)25-21(26)24-32(27)28/h13-14,16H,7-12,15,17H2,1-6H3,(H,27,28)(H2,24,25,26)/p-1. The average molecular weight is 504 g/mol. The topological polar surface area (TPSA) is 125 Å².